The van der Waals surface area contributed by atoms with Gasteiger partial charge in [-0.25, -0.2) is 13.8 Å². The van der Waals surface area contributed by atoms with E-state index < -0.39 is 11.6 Å². The molecule has 0 amide bonds. The lowest BCUT2D eigenvalue weighted by Gasteiger charge is -2.31. The normalized spacial score (nSPS) is 16.9. The SMILES string of the molecule is NC1CCCN(c2sncc2Nc2ncc3ccc(-c4c(F)cccc4F)nn23)C1. The van der Waals surface area contributed by atoms with E-state index in [1.54, 1.807) is 24.5 Å². The number of fused-ring (bicyclic) bond motifs is 1. The van der Waals surface area contributed by atoms with Gasteiger partial charge in [0.2, 0.25) is 5.95 Å². The molecule has 1 fully saturated rings. The highest BCUT2D eigenvalue weighted by Gasteiger charge is 2.22. The van der Waals surface area contributed by atoms with E-state index in [2.05, 4.69) is 24.7 Å². The Morgan fingerprint density at radius 1 is 1.13 bits per heavy atom. The lowest BCUT2D eigenvalue weighted by molar-refractivity contribution is 0.508. The number of anilines is 3. The lowest BCUT2D eigenvalue weighted by atomic mass is 10.1. The maximum absolute atomic E-state index is 14.2. The Balaban J connectivity index is 1.50. The molecule has 0 spiro atoms. The number of nitrogens with two attached hydrogens (primary N) is 1. The van der Waals surface area contributed by atoms with Gasteiger partial charge in [0, 0.05) is 19.1 Å². The van der Waals surface area contributed by atoms with E-state index in [0.29, 0.717) is 11.5 Å². The molecule has 1 atom stereocenters. The second-order valence-corrected chi connectivity index (χ2v) is 8.03. The van der Waals surface area contributed by atoms with Gasteiger partial charge in [0.1, 0.15) is 16.6 Å². The molecule has 30 heavy (non-hydrogen) atoms. The van der Waals surface area contributed by atoms with Crippen LogP contribution in [0.2, 0.25) is 0 Å². The zero-order valence-corrected chi connectivity index (χ0v) is 16.7. The van der Waals surface area contributed by atoms with Gasteiger partial charge >= 0.3 is 0 Å². The molecule has 10 heteroatoms. The number of hydrogen-bond donors (Lipinski definition) is 2. The predicted molar refractivity (Wildman–Crippen MR) is 113 cm³/mol. The van der Waals surface area contributed by atoms with Crippen LogP contribution in [0.3, 0.4) is 0 Å². The summed E-state index contributed by atoms with van der Waals surface area (Å²) in [5.41, 5.74) is 7.63. The smallest absolute Gasteiger partial charge is 0.229 e. The highest BCUT2D eigenvalue weighted by atomic mass is 32.1. The Morgan fingerprint density at radius 2 is 1.97 bits per heavy atom. The molecular weight excluding hydrogens is 408 g/mol. The molecule has 1 unspecified atom stereocenters. The first-order valence-electron chi connectivity index (χ1n) is 9.61. The number of rotatable bonds is 4. The van der Waals surface area contributed by atoms with Crippen LogP contribution in [0.15, 0.2) is 42.7 Å². The zero-order valence-electron chi connectivity index (χ0n) is 15.9. The third-order valence-electron chi connectivity index (χ3n) is 5.15. The first kappa shape index (κ1) is 18.9. The third-order valence-corrected chi connectivity index (χ3v) is 6.01. The van der Waals surface area contributed by atoms with E-state index in [1.165, 1.54) is 34.2 Å². The largest absolute Gasteiger partial charge is 0.359 e. The Hall–Kier alpha value is -3.11. The van der Waals surface area contributed by atoms with Gasteiger partial charge in [-0.3, -0.25) is 0 Å². The Labute approximate surface area is 175 Å². The van der Waals surface area contributed by atoms with Crippen molar-refractivity contribution in [2.75, 3.05) is 23.3 Å². The van der Waals surface area contributed by atoms with Crippen molar-refractivity contribution in [1.29, 1.82) is 0 Å². The van der Waals surface area contributed by atoms with Crippen LogP contribution in [0.25, 0.3) is 16.8 Å². The molecule has 5 rings (SSSR count). The number of hydrogen-bond acceptors (Lipinski definition) is 7. The maximum Gasteiger partial charge on any atom is 0.229 e. The van der Waals surface area contributed by atoms with E-state index in [1.807, 2.05) is 0 Å². The topological polar surface area (TPSA) is 84.4 Å². The fraction of sp³-hybridized carbons (Fsp3) is 0.250. The molecule has 0 aliphatic carbocycles. The van der Waals surface area contributed by atoms with Crippen molar-refractivity contribution in [3.63, 3.8) is 0 Å². The fourth-order valence-corrected chi connectivity index (χ4v) is 4.45. The summed E-state index contributed by atoms with van der Waals surface area (Å²) < 4.78 is 34.3. The number of imidazole rings is 1. The van der Waals surface area contributed by atoms with Crippen LogP contribution in [-0.4, -0.2) is 38.1 Å². The van der Waals surface area contributed by atoms with Gasteiger partial charge in [0.05, 0.1) is 34.9 Å². The minimum absolute atomic E-state index is 0.140. The van der Waals surface area contributed by atoms with Crippen molar-refractivity contribution < 1.29 is 8.78 Å². The van der Waals surface area contributed by atoms with E-state index in [-0.39, 0.29) is 17.3 Å². The minimum atomic E-state index is -0.665. The van der Waals surface area contributed by atoms with Crippen LogP contribution >= 0.6 is 11.5 Å². The summed E-state index contributed by atoms with van der Waals surface area (Å²) in [6.07, 6.45) is 5.43. The van der Waals surface area contributed by atoms with Crippen LogP contribution < -0.4 is 16.0 Å². The number of piperidine rings is 1. The average molecular weight is 427 g/mol. The summed E-state index contributed by atoms with van der Waals surface area (Å²) in [5.74, 6) is -0.893. The summed E-state index contributed by atoms with van der Waals surface area (Å²) in [4.78, 5) is 6.61. The van der Waals surface area contributed by atoms with Gasteiger partial charge in [-0.15, -0.1) is 0 Å². The number of aromatic nitrogens is 4. The van der Waals surface area contributed by atoms with Crippen molar-refractivity contribution >= 4 is 33.7 Å². The van der Waals surface area contributed by atoms with Gasteiger partial charge in [-0.2, -0.15) is 14.0 Å². The third kappa shape index (κ3) is 3.37. The van der Waals surface area contributed by atoms with Crippen LogP contribution in [0.5, 0.6) is 0 Å². The number of halogens is 2. The Bertz CT molecular complexity index is 1180. The molecule has 4 aromatic rings. The molecule has 3 N–H and O–H groups in total. The number of benzene rings is 1. The molecule has 4 heterocycles. The molecule has 154 valence electrons. The molecule has 0 saturated carbocycles. The van der Waals surface area contributed by atoms with Gasteiger partial charge in [-0.05, 0) is 48.6 Å². The highest BCUT2D eigenvalue weighted by Crippen LogP contribution is 2.34. The predicted octanol–water partition coefficient (Wildman–Crippen LogP) is 3.80. The minimum Gasteiger partial charge on any atom is -0.359 e. The van der Waals surface area contributed by atoms with Crippen molar-refractivity contribution in [1.82, 2.24) is 19.0 Å². The highest BCUT2D eigenvalue weighted by molar-refractivity contribution is 7.10. The first-order valence-corrected chi connectivity index (χ1v) is 10.4. The van der Waals surface area contributed by atoms with Gasteiger partial charge in [0.25, 0.3) is 0 Å². The molecule has 1 saturated heterocycles. The van der Waals surface area contributed by atoms with E-state index in [0.717, 1.165) is 36.6 Å². The van der Waals surface area contributed by atoms with Crippen molar-refractivity contribution in [3.8, 4) is 11.3 Å². The summed E-state index contributed by atoms with van der Waals surface area (Å²) in [6, 6.07) is 7.20. The van der Waals surface area contributed by atoms with Gasteiger partial charge < -0.3 is 16.0 Å². The maximum atomic E-state index is 14.2. The standard InChI is InChI=1S/C20H19F2N7S/c21-14-4-1-5-15(22)18(14)16-7-6-13-9-24-20(29(13)27-16)26-17-10-25-30-19(17)28-8-2-3-12(23)11-28/h1,4-7,9-10,12H,2-3,8,11,23H2,(H,24,26). The Morgan fingerprint density at radius 3 is 2.77 bits per heavy atom. The molecule has 1 aromatic carbocycles. The van der Waals surface area contributed by atoms with Crippen molar-refractivity contribution in [3.05, 3.63) is 54.4 Å². The summed E-state index contributed by atoms with van der Waals surface area (Å²) in [5, 5.41) is 8.67. The molecule has 0 radical (unpaired) electrons. The molecule has 0 bridgehead atoms. The van der Waals surface area contributed by atoms with E-state index in [4.69, 9.17) is 5.73 Å². The summed E-state index contributed by atoms with van der Waals surface area (Å²) >= 11 is 1.39. The van der Waals surface area contributed by atoms with Crippen LogP contribution in [0.4, 0.5) is 25.4 Å². The fourth-order valence-electron chi connectivity index (χ4n) is 3.71. The Kier molecular flexibility index (Phi) is 4.80. The second-order valence-electron chi connectivity index (χ2n) is 7.25. The monoisotopic (exact) mass is 427 g/mol. The van der Waals surface area contributed by atoms with E-state index >= 15 is 0 Å². The van der Waals surface area contributed by atoms with Crippen LogP contribution in [0, 0.1) is 11.6 Å². The van der Waals surface area contributed by atoms with Crippen LogP contribution in [-0.2, 0) is 0 Å². The van der Waals surface area contributed by atoms with Crippen LogP contribution in [0.1, 0.15) is 12.8 Å². The first-order chi connectivity index (χ1) is 14.6. The summed E-state index contributed by atoms with van der Waals surface area (Å²) in [7, 11) is 0. The zero-order chi connectivity index (χ0) is 20.7. The van der Waals surface area contributed by atoms with Gasteiger partial charge in [0.15, 0.2) is 0 Å². The quantitative estimate of drug-likeness (QED) is 0.515. The van der Waals surface area contributed by atoms with E-state index in [9.17, 15) is 8.78 Å². The second kappa shape index (κ2) is 7.62. The average Bonchev–Trinajstić information content (AvgIpc) is 3.35. The van der Waals surface area contributed by atoms with Crippen molar-refractivity contribution in [2.24, 2.45) is 5.73 Å². The lowest BCUT2D eigenvalue weighted by Crippen LogP contribution is -2.42. The van der Waals surface area contributed by atoms with Gasteiger partial charge in [-0.1, -0.05) is 6.07 Å². The molecule has 1 aliphatic heterocycles. The number of nitrogens with one attached hydrogen (secondary N) is 1. The molecule has 1 aliphatic rings. The molecule has 7 nitrogen and oxygen atoms in total. The van der Waals surface area contributed by atoms with Crippen molar-refractivity contribution in [2.45, 2.75) is 18.9 Å². The summed E-state index contributed by atoms with van der Waals surface area (Å²) in [6.45, 7) is 1.69. The molecule has 3 aromatic heterocycles. The molecular formula is C20H19F2N7S. The number of nitrogens with zero attached hydrogens (tertiary/aromatic N) is 5.